The summed E-state index contributed by atoms with van der Waals surface area (Å²) in [5, 5.41) is 2.99. The number of halogens is 2. The molecule has 30 heavy (non-hydrogen) atoms. The highest BCUT2D eigenvalue weighted by molar-refractivity contribution is 5.93. The molecule has 0 aliphatic carbocycles. The van der Waals surface area contributed by atoms with Crippen molar-refractivity contribution in [3.8, 4) is 0 Å². The van der Waals surface area contributed by atoms with Gasteiger partial charge >= 0.3 is 0 Å². The first-order chi connectivity index (χ1) is 13.5. The standard InChI is InChI=1S/C22H28N4O2.2ClH/c1-16-7-6-10-19(17(16)2)24-20(27)15-25-11-13-26(14-12-25)22(28)21(23)18-8-4-3-5-9-18;;/h3-10,21H,11-15,23H2,1-2H3,(H,24,27);2*1H. The van der Waals surface area contributed by atoms with Gasteiger partial charge in [0.2, 0.25) is 11.8 Å². The van der Waals surface area contributed by atoms with Crippen LogP contribution in [0.2, 0.25) is 0 Å². The van der Waals surface area contributed by atoms with E-state index >= 15 is 0 Å². The van der Waals surface area contributed by atoms with Crippen molar-refractivity contribution in [2.75, 3.05) is 38.0 Å². The summed E-state index contributed by atoms with van der Waals surface area (Å²) in [4.78, 5) is 28.9. The van der Waals surface area contributed by atoms with Crippen LogP contribution < -0.4 is 11.1 Å². The van der Waals surface area contributed by atoms with Crippen molar-refractivity contribution in [3.63, 3.8) is 0 Å². The smallest absolute Gasteiger partial charge is 0.244 e. The van der Waals surface area contributed by atoms with E-state index in [2.05, 4.69) is 10.2 Å². The van der Waals surface area contributed by atoms with Crippen LogP contribution in [0.4, 0.5) is 5.69 Å². The van der Waals surface area contributed by atoms with Gasteiger partial charge in [0, 0.05) is 31.9 Å². The van der Waals surface area contributed by atoms with Crippen molar-refractivity contribution in [2.24, 2.45) is 5.73 Å². The van der Waals surface area contributed by atoms with Crippen LogP contribution >= 0.6 is 24.8 Å². The molecule has 3 N–H and O–H groups in total. The molecule has 1 unspecified atom stereocenters. The van der Waals surface area contributed by atoms with Crippen LogP contribution in [0.15, 0.2) is 48.5 Å². The van der Waals surface area contributed by atoms with E-state index < -0.39 is 6.04 Å². The average Bonchev–Trinajstić information content (AvgIpc) is 2.71. The topological polar surface area (TPSA) is 78.7 Å². The van der Waals surface area contributed by atoms with E-state index in [1.165, 1.54) is 0 Å². The Labute approximate surface area is 190 Å². The fourth-order valence-electron chi connectivity index (χ4n) is 3.41. The van der Waals surface area contributed by atoms with Gasteiger partial charge in [-0.1, -0.05) is 42.5 Å². The van der Waals surface area contributed by atoms with E-state index in [-0.39, 0.29) is 36.6 Å². The Balaban J connectivity index is 0.00000225. The molecule has 1 saturated heterocycles. The minimum absolute atomic E-state index is 0. The molecule has 2 aromatic carbocycles. The first-order valence-corrected chi connectivity index (χ1v) is 9.63. The summed E-state index contributed by atoms with van der Waals surface area (Å²) in [5.41, 5.74) is 10.0. The fraction of sp³-hybridized carbons (Fsp3) is 0.364. The molecule has 1 heterocycles. The lowest BCUT2D eigenvalue weighted by Crippen LogP contribution is -2.52. The number of aryl methyl sites for hydroxylation is 1. The first-order valence-electron chi connectivity index (χ1n) is 9.63. The molecule has 1 aliphatic rings. The summed E-state index contributed by atoms with van der Waals surface area (Å²) in [6.07, 6.45) is 0. The molecule has 0 bridgehead atoms. The van der Waals surface area contributed by atoms with Crippen molar-refractivity contribution < 1.29 is 9.59 Å². The molecule has 2 aromatic rings. The summed E-state index contributed by atoms with van der Waals surface area (Å²) in [7, 11) is 0. The summed E-state index contributed by atoms with van der Waals surface area (Å²) in [6, 6.07) is 14.7. The van der Waals surface area contributed by atoms with Gasteiger partial charge in [-0.2, -0.15) is 0 Å². The maximum absolute atomic E-state index is 12.6. The predicted octanol–water partition coefficient (Wildman–Crippen LogP) is 2.93. The summed E-state index contributed by atoms with van der Waals surface area (Å²) < 4.78 is 0. The van der Waals surface area contributed by atoms with Crippen molar-refractivity contribution in [1.82, 2.24) is 9.80 Å². The van der Waals surface area contributed by atoms with Gasteiger partial charge < -0.3 is 16.0 Å². The van der Waals surface area contributed by atoms with Crippen LogP contribution in [0.5, 0.6) is 0 Å². The van der Waals surface area contributed by atoms with Gasteiger partial charge in [0.05, 0.1) is 6.54 Å². The molecule has 1 fully saturated rings. The molecule has 8 heteroatoms. The van der Waals surface area contributed by atoms with E-state index in [0.29, 0.717) is 32.7 Å². The SMILES string of the molecule is Cc1cccc(NC(=O)CN2CCN(C(=O)C(N)c3ccccc3)CC2)c1C.Cl.Cl. The van der Waals surface area contributed by atoms with E-state index in [1.54, 1.807) is 4.90 Å². The fourth-order valence-corrected chi connectivity index (χ4v) is 3.41. The second-order valence-electron chi connectivity index (χ2n) is 7.29. The number of nitrogens with one attached hydrogen (secondary N) is 1. The first kappa shape index (κ1) is 25.9. The lowest BCUT2D eigenvalue weighted by atomic mass is 10.1. The second kappa shape index (κ2) is 11.9. The number of hydrogen-bond donors (Lipinski definition) is 2. The van der Waals surface area contributed by atoms with Crippen LogP contribution in [-0.4, -0.2) is 54.3 Å². The maximum atomic E-state index is 12.6. The normalized spacial score (nSPS) is 14.8. The molecule has 0 saturated carbocycles. The average molecular weight is 453 g/mol. The third-order valence-corrected chi connectivity index (χ3v) is 5.35. The summed E-state index contributed by atoms with van der Waals surface area (Å²) >= 11 is 0. The Bertz CT molecular complexity index is 840. The zero-order valence-corrected chi connectivity index (χ0v) is 19.0. The number of carbonyl (C=O) groups is 2. The molecular weight excluding hydrogens is 423 g/mol. The number of nitrogens with zero attached hydrogens (tertiary/aromatic N) is 2. The quantitative estimate of drug-likeness (QED) is 0.730. The molecule has 0 aromatic heterocycles. The van der Waals surface area contributed by atoms with Crippen LogP contribution in [0, 0.1) is 13.8 Å². The van der Waals surface area contributed by atoms with Gasteiger partial charge in [-0.05, 0) is 36.6 Å². The molecule has 6 nitrogen and oxygen atoms in total. The molecule has 1 atom stereocenters. The number of anilines is 1. The molecule has 3 rings (SSSR count). The van der Waals surface area contributed by atoms with Crippen molar-refractivity contribution >= 4 is 42.3 Å². The minimum atomic E-state index is -0.639. The summed E-state index contributed by atoms with van der Waals surface area (Å²) in [5.74, 6) is -0.0971. The number of carbonyl (C=O) groups excluding carboxylic acids is 2. The number of hydrogen-bond acceptors (Lipinski definition) is 4. The second-order valence-corrected chi connectivity index (χ2v) is 7.29. The van der Waals surface area contributed by atoms with Gasteiger partial charge in [0.15, 0.2) is 0 Å². The van der Waals surface area contributed by atoms with Crippen molar-refractivity contribution in [3.05, 3.63) is 65.2 Å². The highest BCUT2D eigenvalue weighted by Gasteiger charge is 2.26. The van der Waals surface area contributed by atoms with Gasteiger partial charge in [-0.25, -0.2) is 0 Å². The maximum Gasteiger partial charge on any atom is 0.244 e. The van der Waals surface area contributed by atoms with Gasteiger partial charge in [-0.15, -0.1) is 24.8 Å². The zero-order valence-electron chi connectivity index (χ0n) is 17.3. The zero-order chi connectivity index (χ0) is 20.1. The van der Waals surface area contributed by atoms with E-state index in [9.17, 15) is 9.59 Å². The third-order valence-electron chi connectivity index (χ3n) is 5.35. The Morgan fingerprint density at radius 3 is 2.23 bits per heavy atom. The largest absolute Gasteiger partial charge is 0.338 e. The lowest BCUT2D eigenvalue weighted by Gasteiger charge is -2.35. The Kier molecular flexibility index (Phi) is 10.3. The van der Waals surface area contributed by atoms with Crippen molar-refractivity contribution in [2.45, 2.75) is 19.9 Å². The predicted molar refractivity (Wildman–Crippen MR) is 125 cm³/mol. The number of nitrogens with two attached hydrogens (primary N) is 1. The molecular formula is C22H30Cl2N4O2. The Morgan fingerprint density at radius 2 is 1.60 bits per heavy atom. The molecule has 0 spiro atoms. The van der Waals surface area contributed by atoms with Gasteiger partial charge in [0.25, 0.3) is 0 Å². The molecule has 164 valence electrons. The third kappa shape index (κ3) is 6.44. The van der Waals surface area contributed by atoms with Gasteiger partial charge in [-0.3, -0.25) is 14.5 Å². The highest BCUT2D eigenvalue weighted by Crippen LogP contribution is 2.18. The van der Waals surface area contributed by atoms with Crippen molar-refractivity contribution in [1.29, 1.82) is 0 Å². The number of benzene rings is 2. The highest BCUT2D eigenvalue weighted by atomic mass is 35.5. The molecule has 0 radical (unpaired) electrons. The molecule has 1 aliphatic heterocycles. The van der Waals surface area contributed by atoms with Crippen LogP contribution in [0.25, 0.3) is 0 Å². The van der Waals surface area contributed by atoms with Crippen LogP contribution in [-0.2, 0) is 9.59 Å². The van der Waals surface area contributed by atoms with Crippen LogP contribution in [0.1, 0.15) is 22.7 Å². The Morgan fingerprint density at radius 1 is 0.967 bits per heavy atom. The Hall–Kier alpha value is -2.12. The van der Waals surface area contributed by atoms with Crippen LogP contribution in [0.3, 0.4) is 0 Å². The van der Waals surface area contributed by atoms with Gasteiger partial charge in [0.1, 0.15) is 6.04 Å². The van der Waals surface area contributed by atoms with E-state index in [1.807, 2.05) is 62.4 Å². The summed E-state index contributed by atoms with van der Waals surface area (Å²) in [6.45, 7) is 6.83. The van der Waals surface area contributed by atoms with E-state index in [0.717, 1.165) is 22.4 Å². The molecule has 2 amide bonds. The lowest BCUT2D eigenvalue weighted by molar-refractivity contribution is -0.134. The van der Waals surface area contributed by atoms with E-state index in [4.69, 9.17) is 5.73 Å². The number of rotatable bonds is 5. The number of amides is 2. The monoisotopic (exact) mass is 452 g/mol. The minimum Gasteiger partial charge on any atom is -0.338 e. The number of piperazine rings is 1.